The summed E-state index contributed by atoms with van der Waals surface area (Å²) in [5, 5.41) is 9.86. The topological polar surface area (TPSA) is 71.5 Å². The Morgan fingerprint density at radius 2 is 2.17 bits per heavy atom. The van der Waals surface area contributed by atoms with Crippen molar-refractivity contribution in [1.29, 1.82) is 0 Å². The number of fused-ring (bicyclic) bond motifs is 1. The highest BCUT2D eigenvalue weighted by Gasteiger charge is 2.12. The first kappa shape index (κ1) is 15.0. The first-order valence-electron chi connectivity index (χ1n) is 7.22. The van der Waals surface area contributed by atoms with Crippen LogP contribution in [0.2, 0.25) is 5.02 Å². The fourth-order valence-electron chi connectivity index (χ4n) is 2.56. The highest BCUT2D eigenvalue weighted by atomic mass is 35.5. The van der Waals surface area contributed by atoms with E-state index in [-0.39, 0.29) is 0 Å². The van der Waals surface area contributed by atoms with Crippen LogP contribution in [0.25, 0.3) is 22.2 Å². The van der Waals surface area contributed by atoms with E-state index in [0.717, 1.165) is 39.1 Å². The molecule has 3 heterocycles. The van der Waals surface area contributed by atoms with Crippen LogP contribution in [0, 0.1) is 0 Å². The molecular weight excluding hydrogens is 344 g/mol. The van der Waals surface area contributed by atoms with Gasteiger partial charge in [-0.3, -0.25) is 14.9 Å². The lowest BCUT2D eigenvalue weighted by Gasteiger charge is -2.03. The molecule has 0 fully saturated rings. The van der Waals surface area contributed by atoms with Crippen molar-refractivity contribution in [2.75, 3.05) is 0 Å². The van der Waals surface area contributed by atoms with Crippen molar-refractivity contribution < 1.29 is 4.79 Å². The molecule has 0 amide bonds. The van der Waals surface area contributed by atoms with Gasteiger partial charge in [-0.25, -0.2) is 4.98 Å². The maximum absolute atomic E-state index is 10.8. The first-order valence-corrected chi connectivity index (χ1v) is 8.42. The SMILES string of the molecule is O=Cc1cnc(Cc2[nH]nc3ccc(-c4ncccc4Cl)cc23)s1. The number of aromatic amines is 1. The van der Waals surface area contributed by atoms with Gasteiger partial charge in [0.1, 0.15) is 0 Å². The van der Waals surface area contributed by atoms with E-state index >= 15 is 0 Å². The summed E-state index contributed by atoms with van der Waals surface area (Å²) in [5.41, 5.74) is 3.49. The molecule has 1 N–H and O–H groups in total. The second-order valence-electron chi connectivity index (χ2n) is 5.22. The Hall–Kier alpha value is -2.57. The Morgan fingerprint density at radius 1 is 1.25 bits per heavy atom. The average Bonchev–Trinajstić information content (AvgIpc) is 3.22. The van der Waals surface area contributed by atoms with E-state index in [0.29, 0.717) is 16.3 Å². The van der Waals surface area contributed by atoms with Gasteiger partial charge >= 0.3 is 0 Å². The summed E-state index contributed by atoms with van der Waals surface area (Å²) < 4.78 is 0. The van der Waals surface area contributed by atoms with Crippen LogP contribution in [0.5, 0.6) is 0 Å². The van der Waals surface area contributed by atoms with Crippen molar-refractivity contribution in [2.45, 2.75) is 6.42 Å². The quantitative estimate of drug-likeness (QED) is 0.559. The summed E-state index contributed by atoms with van der Waals surface area (Å²) in [6.45, 7) is 0. The lowest BCUT2D eigenvalue weighted by Crippen LogP contribution is -1.89. The molecule has 0 spiro atoms. The zero-order valence-corrected chi connectivity index (χ0v) is 13.9. The maximum Gasteiger partial charge on any atom is 0.161 e. The Labute approximate surface area is 146 Å². The fraction of sp³-hybridized carbons (Fsp3) is 0.0588. The molecule has 0 saturated carbocycles. The third kappa shape index (κ3) is 2.70. The second kappa shape index (κ2) is 6.14. The summed E-state index contributed by atoms with van der Waals surface area (Å²) in [6, 6.07) is 9.54. The van der Waals surface area contributed by atoms with Crippen molar-refractivity contribution in [2.24, 2.45) is 0 Å². The minimum absolute atomic E-state index is 0.592. The summed E-state index contributed by atoms with van der Waals surface area (Å²) in [4.78, 5) is 20.0. The Balaban J connectivity index is 1.76. The maximum atomic E-state index is 10.8. The number of nitrogens with one attached hydrogen (secondary N) is 1. The molecule has 0 saturated heterocycles. The van der Waals surface area contributed by atoms with Gasteiger partial charge in [-0.2, -0.15) is 5.10 Å². The Bertz CT molecular complexity index is 1040. The third-order valence-corrected chi connectivity index (χ3v) is 4.91. The normalized spacial score (nSPS) is 11.0. The number of pyridine rings is 1. The van der Waals surface area contributed by atoms with Crippen molar-refractivity contribution in [1.82, 2.24) is 20.2 Å². The van der Waals surface area contributed by atoms with Crippen molar-refractivity contribution >= 4 is 40.1 Å². The lowest BCUT2D eigenvalue weighted by atomic mass is 10.1. The molecular formula is C17H11ClN4OS. The van der Waals surface area contributed by atoms with Crippen LogP contribution in [-0.2, 0) is 6.42 Å². The van der Waals surface area contributed by atoms with Gasteiger partial charge < -0.3 is 0 Å². The highest BCUT2D eigenvalue weighted by Crippen LogP contribution is 2.29. The molecule has 1 aromatic carbocycles. The number of rotatable bonds is 4. The van der Waals surface area contributed by atoms with E-state index in [4.69, 9.17) is 11.6 Å². The number of carbonyl (C=O) groups is 1. The molecule has 4 rings (SSSR count). The van der Waals surface area contributed by atoms with Gasteiger partial charge in [-0.1, -0.05) is 17.7 Å². The first-order chi connectivity index (χ1) is 11.7. The fourth-order valence-corrected chi connectivity index (χ4v) is 3.53. The van der Waals surface area contributed by atoms with E-state index < -0.39 is 0 Å². The molecule has 0 aliphatic carbocycles. The van der Waals surface area contributed by atoms with Crippen LogP contribution in [-0.4, -0.2) is 26.5 Å². The Kier molecular flexibility index (Phi) is 3.84. The van der Waals surface area contributed by atoms with Gasteiger partial charge in [0.2, 0.25) is 0 Å². The third-order valence-electron chi connectivity index (χ3n) is 3.68. The summed E-state index contributed by atoms with van der Waals surface area (Å²) in [7, 11) is 0. The molecule has 0 unspecified atom stereocenters. The number of aldehydes is 1. The van der Waals surface area contributed by atoms with Crippen LogP contribution in [0.3, 0.4) is 0 Å². The average molecular weight is 355 g/mol. The number of benzene rings is 1. The van der Waals surface area contributed by atoms with Crippen LogP contribution in [0.15, 0.2) is 42.7 Å². The number of thiazole rings is 1. The number of hydrogen-bond donors (Lipinski definition) is 1. The summed E-state index contributed by atoms with van der Waals surface area (Å²) in [5.74, 6) is 0. The predicted octanol–water partition coefficient (Wildman–Crippen LogP) is 4.14. The van der Waals surface area contributed by atoms with Gasteiger partial charge in [0.15, 0.2) is 6.29 Å². The standard InChI is InChI=1S/C17H11ClN4OS/c18-13-2-1-5-19-17(13)10-3-4-14-12(6-10)15(22-21-14)7-16-20-8-11(9-23)24-16/h1-6,8-9H,7H2,(H,21,22). The van der Waals surface area contributed by atoms with Gasteiger partial charge in [-0.15, -0.1) is 11.3 Å². The molecule has 0 atom stereocenters. The predicted molar refractivity (Wildman–Crippen MR) is 94.6 cm³/mol. The number of H-pyrrole nitrogens is 1. The van der Waals surface area contributed by atoms with E-state index in [9.17, 15) is 4.79 Å². The van der Waals surface area contributed by atoms with Gasteiger partial charge in [-0.05, 0) is 24.3 Å². The molecule has 0 radical (unpaired) electrons. The van der Waals surface area contributed by atoms with E-state index in [1.165, 1.54) is 11.3 Å². The monoisotopic (exact) mass is 354 g/mol. The smallest absolute Gasteiger partial charge is 0.161 e. The zero-order chi connectivity index (χ0) is 16.5. The zero-order valence-electron chi connectivity index (χ0n) is 12.4. The van der Waals surface area contributed by atoms with Crippen molar-refractivity contribution in [3.05, 3.63) is 63.3 Å². The summed E-state index contributed by atoms with van der Waals surface area (Å²) >= 11 is 7.63. The van der Waals surface area contributed by atoms with E-state index in [2.05, 4.69) is 20.2 Å². The molecule has 24 heavy (non-hydrogen) atoms. The van der Waals surface area contributed by atoms with E-state index in [1.807, 2.05) is 24.3 Å². The highest BCUT2D eigenvalue weighted by molar-refractivity contribution is 7.13. The molecule has 0 aliphatic heterocycles. The molecule has 5 nitrogen and oxygen atoms in total. The second-order valence-corrected chi connectivity index (χ2v) is 6.77. The molecule has 0 aliphatic rings. The van der Waals surface area contributed by atoms with Gasteiger partial charge in [0.25, 0.3) is 0 Å². The molecule has 4 aromatic rings. The lowest BCUT2D eigenvalue weighted by molar-refractivity contribution is 0.112. The largest absolute Gasteiger partial charge is 0.297 e. The van der Waals surface area contributed by atoms with E-state index in [1.54, 1.807) is 18.5 Å². The molecule has 7 heteroatoms. The van der Waals surface area contributed by atoms with Crippen molar-refractivity contribution in [3.63, 3.8) is 0 Å². The van der Waals surface area contributed by atoms with Crippen LogP contribution in [0.1, 0.15) is 20.4 Å². The number of carbonyl (C=O) groups excluding carboxylic acids is 1. The van der Waals surface area contributed by atoms with Crippen molar-refractivity contribution in [3.8, 4) is 11.3 Å². The number of aromatic nitrogens is 4. The van der Waals surface area contributed by atoms with Gasteiger partial charge in [0.05, 0.1) is 26.1 Å². The number of hydrogen-bond acceptors (Lipinski definition) is 5. The number of halogens is 1. The molecule has 118 valence electrons. The molecule has 0 bridgehead atoms. The van der Waals surface area contributed by atoms with Gasteiger partial charge in [0, 0.05) is 35.5 Å². The minimum atomic E-state index is 0.592. The minimum Gasteiger partial charge on any atom is -0.297 e. The number of nitrogens with zero attached hydrogens (tertiary/aromatic N) is 3. The molecule has 3 aromatic heterocycles. The Morgan fingerprint density at radius 3 is 2.96 bits per heavy atom. The summed E-state index contributed by atoms with van der Waals surface area (Å²) in [6.07, 6.45) is 4.71. The van der Waals surface area contributed by atoms with Crippen LogP contribution < -0.4 is 0 Å². The van der Waals surface area contributed by atoms with Crippen LogP contribution >= 0.6 is 22.9 Å². The van der Waals surface area contributed by atoms with Crippen LogP contribution in [0.4, 0.5) is 0 Å².